The SMILES string of the molecule is COC(=O)C[C@H](N)c1cc(C(C)(C)C)c(O)c(C(C)(C)C)c1.Cl. The molecule has 3 N–H and O–H groups in total. The van der Waals surface area contributed by atoms with E-state index in [0.717, 1.165) is 16.7 Å². The van der Waals surface area contributed by atoms with E-state index in [-0.39, 0.29) is 35.6 Å². The fourth-order valence-electron chi connectivity index (χ4n) is 2.40. The quantitative estimate of drug-likeness (QED) is 0.814. The number of phenolic OH excluding ortho intramolecular Hbond substituents is 1. The third-order valence-electron chi connectivity index (χ3n) is 3.79. The Bertz CT molecular complexity index is 521. The lowest BCUT2D eigenvalue weighted by molar-refractivity contribution is -0.141. The first-order valence-corrected chi connectivity index (χ1v) is 7.58. The lowest BCUT2D eigenvalue weighted by Gasteiger charge is -2.29. The van der Waals surface area contributed by atoms with Crippen molar-refractivity contribution in [1.82, 2.24) is 0 Å². The summed E-state index contributed by atoms with van der Waals surface area (Å²) in [6.07, 6.45) is 0.119. The van der Waals surface area contributed by atoms with Gasteiger partial charge in [-0.15, -0.1) is 12.4 Å². The van der Waals surface area contributed by atoms with Crippen LogP contribution in [0.25, 0.3) is 0 Å². The molecule has 0 aliphatic heterocycles. The van der Waals surface area contributed by atoms with Crippen molar-refractivity contribution < 1.29 is 14.6 Å². The molecule has 0 unspecified atom stereocenters. The summed E-state index contributed by atoms with van der Waals surface area (Å²) in [5, 5.41) is 10.7. The number of carbonyl (C=O) groups is 1. The number of carbonyl (C=O) groups excluding carboxylic acids is 1. The monoisotopic (exact) mass is 343 g/mol. The van der Waals surface area contributed by atoms with Gasteiger partial charge in [-0.05, 0) is 39.7 Å². The molecule has 0 spiro atoms. The smallest absolute Gasteiger partial charge is 0.307 e. The van der Waals surface area contributed by atoms with E-state index in [2.05, 4.69) is 0 Å². The Balaban J connectivity index is 0.00000484. The molecule has 0 heterocycles. The van der Waals surface area contributed by atoms with Crippen LogP contribution in [0, 0.1) is 0 Å². The molecule has 0 amide bonds. The maximum absolute atomic E-state index is 11.5. The van der Waals surface area contributed by atoms with Crippen molar-refractivity contribution in [1.29, 1.82) is 0 Å². The van der Waals surface area contributed by atoms with Crippen LogP contribution in [-0.4, -0.2) is 18.2 Å². The molecule has 5 heteroatoms. The lowest BCUT2D eigenvalue weighted by Crippen LogP contribution is -2.21. The molecule has 0 radical (unpaired) electrons. The summed E-state index contributed by atoms with van der Waals surface area (Å²) in [6.45, 7) is 12.3. The topological polar surface area (TPSA) is 72.5 Å². The van der Waals surface area contributed by atoms with Crippen molar-refractivity contribution in [2.45, 2.75) is 64.8 Å². The van der Waals surface area contributed by atoms with E-state index in [1.54, 1.807) is 0 Å². The van der Waals surface area contributed by atoms with Crippen LogP contribution in [0.15, 0.2) is 12.1 Å². The number of esters is 1. The molecule has 0 aliphatic carbocycles. The van der Waals surface area contributed by atoms with Gasteiger partial charge in [0, 0.05) is 6.04 Å². The van der Waals surface area contributed by atoms with Crippen molar-refractivity contribution >= 4 is 18.4 Å². The number of benzene rings is 1. The molecule has 0 saturated heterocycles. The van der Waals surface area contributed by atoms with Gasteiger partial charge in [-0.3, -0.25) is 4.79 Å². The number of phenols is 1. The van der Waals surface area contributed by atoms with Crippen LogP contribution in [-0.2, 0) is 20.4 Å². The second kappa shape index (κ2) is 7.54. The molecule has 0 bridgehead atoms. The summed E-state index contributed by atoms with van der Waals surface area (Å²) >= 11 is 0. The molecule has 23 heavy (non-hydrogen) atoms. The summed E-state index contributed by atoms with van der Waals surface area (Å²) in [6, 6.07) is 3.35. The fourth-order valence-corrected chi connectivity index (χ4v) is 2.40. The molecular formula is C18H30ClNO3. The minimum absolute atomic E-state index is 0. The third kappa shape index (κ3) is 5.40. The molecule has 0 aliphatic rings. The van der Waals surface area contributed by atoms with Crippen molar-refractivity contribution in [3.05, 3.63) is 28.8 Å². The van der Waals surface area contributed by atoms with Crippen LogP contribution in [0.4, 0.5) is 0 Å². The summed E-state index contributed by atoms with van der Waals surface area (Å²) in [5.74, 6) is -0.0239. The first-order chi connectivity index (χ1) is 9.87. The number of aromatic hydroxyl groups is 1. The van der Waals surface area contributed by atoms with Crippen molar-refractivity contribution in [3.8, 4) is 5.75 Å². The highest BCUT2D eigenvalue weighted by molar-refractivity contribution is 5.85. The fraction of sp³-hybridized carbons (Fsp3) is 0.611. The van der Waals surface area contributed by atoms with E-state index in [0.29, 0.717) is 5.75 Å². The van der Waals surface area contributed by atoms with Gasteiger partial charge in [0.05, 0.1) is 13.5 Å². The van der Waals surface area contributed by atoms with Crippen LogP contribution in [0.5, 0.6) is 5.75 Å². The second-order valence-electron chi connectivity index (χ2n) is 7.85. The summed E-state index contributed by atoms with van der Waals surface area (Å²) in [7, 11) is 1.35. The van der Waals surface area contributed by atoms with Crippen molar-refractivity contribution in [3.63, 3.8) is 0 Å². The van der Waals surface area contributed by atoms with Crippen LogP contribution in [0.1, 0.15) is 70.7 Å². The Morgan fingerprint density at radius 3 is 1.83 bits per heavy atom. The van der Waals surface area contributed by atoms with Gasteiger partial charge in [0.2, 0.25) is 0 Å². The molecule has 0 aromatic heterocycles. The molecule has 0 saturated carbocycles. The zero-order chi connectivity index (χ0) is 17.3. The van der Waals surface area contributed by atoms with E-state index in [4.69, 9.17) is 10.5 Å². The van der Waals surface area contributed by atoms with Gasteiger partial charge in [-0.2, -0.15) is 0 Å². The predicted octanol–water partition coefficient (Wildman–Crippen LogP) is 3.97. The predicted molar refractivity (Wildman–Crippen MR) is 96.3 cm³/mol. The Kier molecular flexibility index (Phi) is 7.13. The summed E-state index contributed by atoms with van der Waals surface area (Å²) in [5.41, 5.74) is 8.26. The molecule has 4 nitrogen and oxygen atoms in total. The maximum Gasteiger partial charge on any atom is 0.307 e. The van der Waals surface area contributed by atoms with Crippen molar-refractivity contribution in [2.75, 3.05) is 7.11 Å². The summed E-state index contributed by atoms with van der Waals surface area (Å²) < 4.78 is 4.69. The zero-order valence-corrected chi connectivity index (χ0v) is 16.0. The van der Waals surface area contributed by atoms with Gasteiger partial charge in [-0.1, -0.05) is 41.5 Å². The molecule has 0 fully saturated rings. The Hall–Kier alpha value is -1.26. The van der Waals surface area contributed by atoms with Gasteiger partial charge in [-0.25, -0.2) is 0 Å². The highest BCUT2D eigenvalue weighted by Crippen LogP contribution is 2.40. The number of hydrogen-bond acceptors (Lipinski definition) is 4. The highest BCUT2D eigenvalue weighted by Gasteiger charge is 2.27. The first-order valence-electron chi connectivity index (χ1n) is 7.58. The van der Waals surface area contributed by atoms with Gasteiger partial charge < -0.3 is 15.6 Å². The molecule has 1 aromatic carbocycles. The Morgan fingerprint density at radius 1 is 1.13 bits per heavy atom. The average Bonchev–Trinajstić information content (AvgIpc) is 2.35. The molecule has 132 valence electrons. The first kappa shape index (κ1) is 21.7. The summed E-state index contributed by atoms with van der Waals surface area (Å²) in [4.78, 5) is 11.5. The molecule has 1 atom stereocenters. The number of nitrogens with two attached hydrogens (primary N) is 1. The maximum atomic E-state index is 11.5. The van der Waals surface area contributed by atoms with Gasteiger partial charge in [0.15, 0.2) is 0 Å². The highest BCUT2D eigenvalue weighted by atomic mass is 35.5. The van der Waals surface area contributed by atoms with E-state index < -0.39 is 6.04 Å². The van der Waals surface area contributed by atoms with E-state index in [1.165, 1.54) is 7.11 Å². The van der Waals surface area contributed by atoms with E-state index >= 15 is 0 Å². The van der Waals surface area contributed by atoms with Gasteiger partial charge in [0.25, 0.3) is 0 Å². The molecule has 1 rings (SSSR count). The number of methoxy groups -OCH3 is 1. The third-order valence-corrected chi connectivity index (χ3v) is 3.79. The molecular weight excluding hydrogens is 314 g/mol. The standard InChI is InChI=1S/C18H29NO3.ClH/c1-17(2,3)12-8-11(14(19)10-15(20)22-7)9-13(16(12)21)18(4,5)6;/h8-9,14,21H,10,19H2,1-7H3;1H/t14-;/m0./s1. The Labute approximate surface area is 145 Å². The minimum atomic E-state index is -0.449. The van der Waals surface area contributed by atoms with Crippen LogP contribution < -0.4 is 5.73 Å². The van der Waals surface area contributed by atoms with Gasteiger partial charge in [0.1, 0.15) is 5.75 Å². The Morgan fingerprint density at radius 2 is 1.52 bits per heavy atom. The largest absolute Gasteiger partial charge is 0.507 e. The number of hydrogen-bond donors (Lipinski definition) is 2. The number of rotatable bonds is 3. The van der Waals surface area contributed by atoms with Crippen LogP contribution in [0.2, 0.25) is 0 Å². The molecule has 1 aromatic rings. The minimum Gasteiger partial charge on any atom is -0.507 e. The van der Waals surface area contributed by atoms with E-state index in [9.17, 15) is 9.90 Å². The van der Waals surface area contributed by atoms with Gasteiger partial charge >= 0.3 is 5.97 Å². The van der Waals surface area contributed by atoms with Crippen LogP contribution >= 0.6 is 12.4 Å². The second-order valence-corrected chi connectivity index (χ2v) is 7.85. The lowest BCUT2D eigenvalue weighted by atomic mass is 9.77. The number of ether oxygens (including phenoxy) is 1. The van der Waals surface area contributed by atoms with E-state index in [1.807, 2.05) is 53.7 Å². The van der Waals surface area contributed by atoms with Crippen LogP contribution in [0.3, 0.4) is 0 Å². The number of halogens is 1. The normalized spacial score (nSPS) is 13.2. The van der Waals surface area contributed by atoms with Crippen molar-refractivity contribution in [2.24, 2.45) is 5.73 Å². The zero-order valence-electron chi connectivity index (χ0n) is 15.2. The average molecular weight is 344 g/mol.